The number of hydrogen-bond donors (Lipinski definition) is 1. The SMILES string of the molecule is C=CCn1c(SCc2csc(NC(C)=O)n2)nnc1-c1ccc(Cl)cc1. The van der Waals surface area contributed by atoms with Gasteiger partial charge in [-0.3, -0.25) is 9.36 Å². The zero-order chi connectivity index (χ0) is 18.5. The fourth-order valence-corrected chi connectivity index (χ4v) is 4.05. The first-order valence-electron chi connectivity index (χ1n) is 7.71. The van der Waals surface area contributed by atoms with Gasteiger partial charge in [-0.05, 0) is 24.3 Å². The molecule has 3 aromatic rings. The predicted octanol–water partition coefficient (Wildman–Crippen LogP) is 4.49. The van der Waals surface area contributed by atoms with Crippen LogP contribution in [0.1, 0.15) is 12.6 Å². The van der Waals surface area contributed by atoms with Crippen molar-refractivity contribution in [2.24, 2.45) is 0 Å². The second-order valence-corrected chi connectivity index (χ2v) is 7.56. The molecule has 0 saturated heterocycles. The summed E-state index contributed by atoms with van der Waals surface area (Å²) in [5.74, 6) is 1.27. The highest BCUT2D eigenvalue weighted by atomic mass is 35.5. The van der Waals surface area contributed by atoms with Gasteiger partial charge in [0, 0.05) is 35.2 Å². The van der Waals surface area contributed by atoms with Crippen LogP contribution in [0.3, 0.4) is 0 Å². The summed E-state index contributed by atoms with van der Waals surface area (Å²) in [6, 6.07) is 7.49. The van der Waals surface area contributed by atoms with Gasteiger partial charge in [-0.1, -0.05) is 29.4 Å². The first-order chi connectivity index (χ1) is 12.6. The Morgan fingerprint density at radius 2 is 2.15 bits per heavy atom. The third-order valence-electron chi connectivity index (χ3n) is 3.31. The zero-order valence-electron chi connectivity index (χ0n) is 14.0. The molecule has 1 aromatic carbocycles. The Hall–Kier alpha value is -2.16. The lowest BCUT2D eigenvalue weighted by Crippen LogP contribution is -2.05. The standard InChI is InChI=1S/C17H16ClN5OS2/c1-3-8-23-15(12-4-6-13(18)7-5-12)21-22-17(23)26-10-14-9-25-16(20-14)19-11(2)24/h3-7,9H,1,8,10H2,2H3,(H,19,20,24). The molecule has 26 heavy (non-hydrogen) atoms. The number of benzene rings is 1. The molecule has 0 saturated carbocycles. The molecule has 134 valence electrons. The molecule has 0 atom stereocenters. The minimum atomic E-state index is -0.128. The van der Waals surface area contributed by atoms with Gasteiger partial charge >= 0.3 is 0 Å². The van der Waals surface area contributed by atoms with Crippen molar-refractivity contribution in [2.75, 3.05) is 5.32 Å². The van der Waals surface area contributed by atoms with Crippen molar-refractivity contribution in [1.29, 1.82) is 0 Å². The fraction of sp³-hybridized carbons (Fsp3) is 0.176. The lowest BCUT2D eigenvalue weighted by atomic mass is 10.2. The van der Waals surface area contributed by atoms with Crippen molar-refractivity contribution in [2.45, 2.75) is 24.4 Å². The van der Waals surface area contributed by atoms with Gasteiger partial charge < -0.3 is 5.32 Å². The molecular weight excluding hydrogens is 390 g/mol. The fourth-order valence-electron chi connectivity index (χ4n) is 2.22. The van der Waals surface area contributed by atoms with Crippen LogP contribution >= 0.6 is 34.7 Å². The highest BCUT2D eigenvalue weighted by molar-refractivity contribution is 7.98. The van der Waals surface area contributed by atoms with Gasteiger partial charge in [-0.25, -0.2) is 4.98 Å². The molecule has 0 aliphatic heterocycles. The largest absolute Gasteiger partial charge is 0.302 e. The van der Waals surface area contributed by atoms with Gasteiger partial charge in [-0.2, -0.15) is 0 Å². The Morgan fingerprint density at radius 3 is 2.85 bits per heavy atom. The summed E-state index contributed by atoms with van der Waals surface area (Å²) in [4.78, 5) is 15.5. The second-order valence-electron chi connectivity index (χ2n) is 5.33. The number of allylic oxidation sites excluding steroid dienone is 1. The number of thioether (sulfide) groups is 1. The maximum absolute atomic E-state index is 11.1. The summed E-state index contributed by atoms with van der Waals surface area (Å²) < 4.78 is 2.00. The van der Waals surface area contributed by atoms with Crippen LogP contribution in [-0.2, 0) is 17.1 Å². The van der Waals surface area contributed by atoms with E-state index in [-0.39, 0.29) is 5.91 Å². The maximum Gasteiger partial charge on any atom is 0.223 e. The maximum atomic E-state index is 11.1. The molecule has 0 spiro atoms. The summed E-state index contributed by atoms with van der Waals surface area (Å²) in [7, 11) is 0. The molecule has 0 radical (unpaired) electrons. The number of halogens is 1. The number of anilines is 1. The molecular formula is C17H16ClN5OS2. The van der Waals surface area contributed by atoms with Gasteiger partial charge in [0.15, 0.2) is 16.1 Å². The lowest BCUT2D eigenvalue weighted by molar-refractivity contribution is -0.114. The Labute approximate surface area is 164 Å². The van der Waals surface area contributed by atoms with E-state index in [1.807, 2.05) is 40.3 Å². The Bertz CT molecular complexity index is 920. The van der Waals surface area contributed by atoms with Gasteiger partial charge in [0.2, 0.25) is 5.91 Å². The molecule has 1 amide bonds. The number of aromatic nitrogens is 4. The van der Waals surface area contributed by atoms with Crippen LogP contribution in [0.2, 0.25) is 5.02 Å². The predicted molar refractivity (Wildman–Crippen MR) is 107 cm³/mol. The Morgan fingerprint density at radius 1 is 1.38 bits per heavy atom. The topological polar surface area (TPSA) is 72.7 Å². The molecule has 2 heterocycles. The highest BCUT2D eigenvalue weighted by Gasteiger charge is 2.14. The van der Waals surface area contributed by atoms with E-state index >= 15 is 0 Å². The summed E-state index contributed by atoms with van der Waals surface area (Å²) in [6.45, 7) is 5.88. The highest BCUT2D eigenvalue weighted by Crippen LogP contribution is 2.28. The van der Waals surface area contributed by atoms with Gasteiger partial charge in [0.25, 0.3) is 0 Å². The van der Waals surface area contributed by atoms with E-state index in [1.165, 1.54) is 30.0 Å². The molecule has 0 unspecified atom stereocenters. The van der Waals surface area contributed by atoms with E-state index in [9.17, 15) is 4.79 Å². The van der Waals surface area contributed by atoms with Gasteiger partial charge in [0.1, 0.15) is 0 Å². The van der Waals surface area contributed by atoms with Crippen molar-refractivity contribution in [3.8, 4) is 11.4 Å². The summed E-state index contributed by atoms with van der Waals surface area (Å²) in [5.41, 5.74) is 1.82. The average molecular weight is 406 g/mol. The van der Waals surface area contributed by atoms with Gasteiger partial charge in [0.05, 0.1) is 5.69 Å². The third kappa shape index (κ3) is 4.51. The number of nitrogens with one attached hydrogen (secondary N) is 1. The summed E-state index contributed by atoms with van der Waals surface area (Å²) in [5, 5.41) is 15.3. The number of nitrogens with zero attached hydrogens (tertiary/aromatic N) is 4. The van der Waals surface area contributed by atoms with Crippen molar-refractivity contribution in [3.63, 3.8) is 0 Å². The number of carbonyl (C=O) groups excluding carboxylic acids is 1. The number of rotatable bonds is 7. The Kier molecular flexibility index (Phi) is 6.08. The van der Waals surface area contributed by atoms with Crippen LogP contribution in [-0.4, -0.2) is 25.7 Å². The smallest absolute Gasteiger partial charge is 0.223 e. The number of amides is 1. The molecule has 3 rings (SSSR count). The average Bonchev–Trinajstić information content (AvgIpc) is 3.21. The van der Waals surface area contributed by atoms with E-state index in [0.29, 0.717) is 22.5 Å². The minimum Gasteiger partial charge on any atom is -0.302 e. The number of carbonyl (C=O) groups is 1. The first-order valence-corrected chi connectivity index (χ1v) is 9.96. The van der Waals surface area contributed by atoms with Gasteiger partial charge in [-0.15, -0.1) is 28.1 Å². The van der Waals surface area contributed by atoms with Crippen LogP contribution in [0, 0.1) is 0 Å². The normalized spacial score (nSPS) is 10.7. The van der Waals surface area contributed by atoms with Crippen LogP contribution < -0.4 is 5.32 Å². The van der Waals surface area contributed by atoms with Crippen LogP contribution in [0.5, 0.6) is 0 Å². The minimum absolute atomic E-state index is 0.128. The molecule has 0 fully saturated rings. The molecule has 9 heteroatoms. The summed E-state index contributed by atoms with van der Waals surface area (Å²) >= 11 is 8.90. The van der Waals surface area contributed by atoms with Crippen molar-refractivity contribution in [1.82, 2.24) is 19.7 Å². The Balaban J connectivity index is 1.77. The van der Waals surface area contributed by atoms with E-state index in [2.05, 4.69) is 27.1 Å². The van der Waals surface area contributed by atoms with Crippen molar-refractivity contribution >= 4 is 45.7 Å². The molecule has 0 bridgehead atoms. The van der Waals surface area contributed by atoms with E-state index in [4.69, 9.17) is 11.6 Å². The zero-order valence-corrected chi connectivity index (χ0v) is 16.4. The first kappa shape index (κ1) is 18.6. The van der Waals surface area contributed by atoms with Crippen molar-refractivity contribution in [3.05, 3.63) is 53.0 Å². The van der Waals surface area contributed by atoms with E-state index < -0.39 is 0 Å². The number of hydrogen-bond acceptors (Lipinski definition) is 6. The van der Waals surface area contributed by atoms with E-state index in [0.717, 1.165) is 22.2 Å². The molecule has 0 aliphatic rings. The molecule has 2 aromatic heterocycles. The monoisotopic (exact) mass is 405 g/mol. The molecule has 0 aliphatic carbocycles. The van der Waals surface area contributed by atoms with Crippen LogP contribution in [0.15, 0.2) is 47.5 Å². The van der Waals surface area contributed by atoms with Crippen LogP contribution in [0.4, 0.5) is 5.13 Å². The third-order valence-corrected chi connectivity index (χ3v) is 5.37. The van der Waals surface area contributed by atoms with E-state index in [1.54, 1.807) is 0 Å². The quantitative estimate of drug-likeness (QED) is 0.463. The molecule has 1 N–H and O–H groups in total. The van der Waals surface area contributed by atoms with Crippen LogP contribution in [0.25, 0.3) is 11.4 Å². The second kappa shape index (κ2) is 8.48. The summed E-state index contributed by atoms with van der Waals surface area (Å²) in [6.07, 6.45) is 1.81. The number of thiazole rings is 1. The molecule has 6 nitrogen and oxygen atoms in total. The lowest BCUT2D eigenvalue weighted by Gasteiger charge is -2.07. The van der Waals surface area contributed by atoms with Crippen molar-refractivity contribution < 1.29 is 4.79 Å².